The fraction of sp³-hybridized carbons (Fsp3) is 0.455. The van der Waals surface area contributed by atoms with Gasteiger partial charge < -0.3 is 9.30 Å². The first-order chi connectivity index (χ1) is 7.38. The first-order valence-corrected chi connectivity index (χ1v) is 5.03. The molecule has 0 spiro atoms. The number of rotatable bonds is 1. The lowest BCUT2D eigenvalue weighted by Crippen LogP contribution is -2.32. The Morgan fingerprint density at radius 3 is 2.69 bits per heavy atom. The van der Waals surface area contributed by atoms with Crippen LogP contribution in [-0.2, 0) is 11.8 Å². The van der Waals surface area contributed by atoms with Crippen molar-refractivity contribution in [3.63, 3.8) is 0 Å². The van der Waals surface area contributed by atoms with Crippen molar-refractivity contribution >= 4 is 6.09 Å². The Morgan fingerprint density at radius 2 is 2.12 bits per heavy atom. The largest absolute Gasteiger partial charge is 0.443 e. The van der Waals surface area contributed by atoms with Gasteiger partial charge in [0.15, 0.2) is 5.49 Å². The highest BCUT2D eigenvalue weighted by molar-refractivity contribution is 5.67. The van der Waals surface area contributed by atoms with Gasteiger partial charge in [-0.15, -0.1) is 0 Å². The van der Waals surface area contributed by atoms with Crippen LogP contribution in [-0.4, -0.2) is 16.3 Å². The Bertz CT molecular complexity index is 429. The third-order valence-corrected chi connectivity index (χ3v) is 1.69. The second kappa shape index (κ2) is 4.83. The number of pyridine rings is 1. The molecule has 1 rings (SSSR count). The van der Waals surface area contributed by atoms with Crippen molar-refractivity contribution in [1.29, 1.82) is 0 Å². The molecule has 0 fully saturated rings. The lowest BCUT2D eigenvalue weighted by atomic mass is 10.2. The Morgan fingerprint density at radius 1 is 1.44 bits per heavy atom. The lowest BCUT2D eigenvalue weighted by molar-refractivity contribution is 0.0526. The monoisotopic (exact) mass is 223 g/mol. The zero-order valence-electron chi connectivity index (χ0n) is 10.0. The van der Waals surface area contributed by atoms with Crippen molar-refractivity contribution in [3.05, 3.63) is 29.9 Å². The van der Waals surface area contributed by atoms with Crippen molar-refractivity contribution < 1.29 is 9.53 Å². The molecule has 1 amide bonds. The van der Waals surface area contributed by atoms with E-state index in [2.05, 4.69) is 10.5 Å². The molecule has 5 heteroatoms. The summed E-state index contributed by atoms with van der Waals surface area (Å²) in [5.41, 5.74) is 2.47. The molecule has 0 radical (unpaired) electrons. The van der Waals surface area contributed by atoms with Gasteiger partial charge in [0.05, 0.1) is 0 Å². The number of aromatic nitrogens is 1. The summed E-state index contributed by atoms with van der Waals surface area (Å²) in [6.45, 7) is 5.40. The van der Waals surface area contributed by atoms with E-state index in [9.17, 15) is 4.79 Å². The number of ether oxygens (including phenoxy) is 1. The molecular weight excluding hydrogens is 206 g/mol. The number of carbonyl (C=O) groups excluding carboxylic acids is 1. The van der Waals surface area contributed by atoms with Crippen LogP contribution in [0.5, 0.6) is 0 Å². The average molecular weight is 223 g/mol. The van der Waals surface area contributed by atoms with Gasteiger partial charge in [0, 0.05) is 13.2 Å². The van der Waals surface area contributed by atoms with Gasteiger partial charge in [-0.25, -0.2) is 10.2 Å². The van der Waals surface area contributed by atoms with E-state index in [4.69, 9.17) is 4.74 Å². The number of aryl methyl sites for hydroxylation is 1. The zero-order valence-corrected chi connectivity index (χ0v) is 10.0. The van der Waals surface area contributed by atoms with Gasteiger partial charge in [-0.05, 0) is 32.9 Å². The van der Waals surface area contributed by atoms with Crippen LogP contribution in [0.2, 0.25) is 0 Å². The van der Waals surface area contributed by atoms with E-state index in [0.29, 0.717) is 5.49 Å². The molecule has 1 N–H and O–H groups in total. The van der Waals surface area contributed by atoms with E-state index < -0.39 is 11.7 Å². The average Bonchev–Trinajstić information content (AvgIpc) is 2.14. The van der Waals surface area contributed by atoms with Gasteiger partial charge in [0.1, 0.15) is 5.60 Å². The lowest BCUT2D eigenvalue weighted by Gasteiger charge is -2.18. The van der Waals surface area contributed by atoms with Crippen molar-refractivity contribution in [2.24, 2.45) is 12.1 Å². The predicted molar refractivity (Wildman–Crippen MR) is 60.3 cm³/mol. The number of hydrogen-bond acceptors (Lipinski definition) is 3. The SMILES string of the molecule is Cn1ccccc1=NNC(=O)OC(C)(C)C. The molecule has 88 valence electrons. The molecule has 0 saturated carbocycles. The van der Waals surface area contributed by atoms with Gasteiger partial charge >= 0.3 is 6.09 Å². The third kappa shape index (κ3) is 4.16. The fourth-order valence-electron chi connectivity index (χ4n) is 1.03. The van der Waals surface area contributed by atoms with Crippen molar-refractivity contribution in [1.82, 2.24) is 9.99 Å². The second-order valence-corrected chi connectivity index (χ2v) is 4.40. The predicted octanol–water partition coefficient (Wildman–Crippen LogP) is 1.37. The number of nitrogens with one attached hydrogen (secondary N) is 1. The molecular formula is C11H17N3O2. The number of amides is 1. The first kappa shape index (κ1) is 12.3. The topological polar surface area (TPSA) is 55.6 Å². The summed E-state index contributed by atoms with van der Waals surface area (Å²) in [5.74, 6) is 0. The zero-order chi connectivity index (χ0) is 12.2. The van der Waals surface area contributed by atoms with Crippen LogP contribution >= 0.6 is 0 Å². The maximum atomic E-state index is 11.3. The van der Waals surface area contributed by atoms with Gasteiger partial charge in [0.2, 0.25) is 0 Å². The van der Waals surface area contributed by atoms with Crippen molar-refractivity contribution in [3.8, 4) is 0 Å². The van der Waals surface area contributed by atoms with E-state index in [1.54, 1.807) is 31.4 Å². The Hall–Kier alpha value is -1.78. The number of hydrogen-bond donors (Lipinski definition) is 1. The molecule has 1 aromatic heterocycles. The summed E-state index contributed by atoms with van der Waals surface area (Å²) in [5, 5.41) is 3.93. The smallest absolute Gasteiger partial charge is 0.428 e. The quantitative estimate of drug-likeness (QED) is 0.731. The molecule has 1 aromatic rings. The molecule has 0 atom stereocenters. The molecule has 1 heterocycles. The summed E-state index contributed by atoms with van der Waals surface area (Å²) < 4.78 is 6.84. The van der Waals surface area contributed by atoms with E-state index in [0.717, 1.165) is 0 Å². The summed E-state index contributed by atoms with van der Waals surface area (Å²) >= 11 is 0. The molecule has 0 saturated heterocycles. The highest BCUT2D eigenvalue weighted by Crippen LogP contribution is 2.05. The fourth-order valence-corrected chi connectivity index (χ4v) is 1.03. The molecule has 5 nitrogen and oxygen atoms in total. The van der Waals surface area contributed by atoms with E-state index in [-0.39, 0.29) is 0 Å². The minimum Gasteiger partial charge on any atom is -0.443 e. The molecule has 0 aliphatic rings. The molecule has 0 aliphatic heterocycles. The van der Waals surface area contributed by atoms with Crippen molar-refractivity contribution in [2.45, 2.75) is 26.4 Å². The van der Waals surface area contributed by atoms with Crippen LogP contribution in [0.25, 0.3) is 0 Å². The normalized spacial score (nSPS) is 12.4. The van der Waals surface area contributed by atoms with Crippen LogP contribution in [0.3, 0.4) is 0 Å². The van der Waals surface area contributed by atoms with E-state index in [1.807, 2.05) is 25.4 Å². The number of carbonyl (C=O) groups is 1. The van der Waals surface area contributed by atoms with Gasteiger partial charge in [-0.2, -0.15) is 5.10 Å². The molecule has 0 aromatic carbocycles. The van der Waals surface area contributed by atoms with Crippen LogP contribution in [0.1, 0.15) is 20.8 Å². The van der Waals surface area contributed by atoms with Crippen LogP contribution in [0, 0.1) is 0 Å². The summed E-state index contributed by atoms with van der Waals surface area (Å²) in [6, 6.07) is 5.51. The highest BCUT2D eigenvalue weighted by Gasteiger charge is 2.15. The van der Waals surface area contributed by atoms with Crippen LogP contribution in [0.4, 0.5) is 4.79 Å². The standard InChI is InChI=1S/C11H17N3O2/c1-11(2,3)16-10(15)13-12-9-7-5-6-8-14(9)4/h5-8H,1-4H3,(H,13,15). The summed E-state index contributed by atoms with van der Waals surface area (Å²) in [6.07, 6.45) is 1.28. The third-order valence-electron chi connectivity index (χ3n) is 1.69. The van der Waals surface area contributed by atoms with Gasteiger partial charge in [-0.1, -0.05) is 6.07 Å². The maximum Gasteiger partial charge on any atom is 0.428 e. The molecule has 16 heavy (non-hydrogen) atoms. The summed E-state index contributed by atoms with van der Waals surface area (Å²) in [7, 11) is 1.84. The van der Waals surface area contributed by atoms with Gasteiger partial charge in [-0.3, -0.25) is 0 Å². The number of nitrogens with zero attached hydrogens (tertiary/aromatic N) is 2. The molecule has 0 aliphatic carbocycles. The minimum atomic E-state index is -0.559. The second-order valence-electron chi connectivity index (χ2n) is 4.40. The Kier molecular flexibility index (Phi) is 3.71. The first-order valence-electron chi connectivity index (χ1n) is 5.03. The molecule has 0 bridgehead atoms. The Labute approximate surface area is 94.7 Å². The minimum absolute atomic E-state index is 0.515. The van der Waals surface area contributed by atoms with Crippen molar-refractivity contribution in [2.75, 3.05) is 0 Å². The highest BCUT2D eigenvalue weighted by atomic mass is 16.6. The van der Waals surface area contributed by atoms with Crippen LogP contribution < -0.4 is 10.9 Å². The van der Waals surface area contributed by atoms with Gasteiger partial charge in [0.25, 0.3) is 0 Å². The maximum absolute atomic E-state index is 11.3. The van der Waals surface area contributed by atoms with E-state index >= 15 is 0 Å². The van der Waals surface area contributed by atoms with Crippen LogP contribution in [0.15, 0.2) is 29.5 Å². The van der Waals surface area contributed by atoms with E-state index in [1.165, 1.54) is 0 Å². The summed E-state index contributed by atoms with van der Waals surface area (Å²) in [4.78, 5) is 11.3. The Balaban J connectivity index is 2.68. The molecule has 0 unspecified atom stereocenters.